The topological polar surface area (TPSA) is 72.3 Å². The largest absolute Gasteiger partial charge is 0.382 e. The molecule has 0 amide bonds. The number of anilines is 1. The van der Waals surface area contributed by atoms with Crippen molar-refractivity contribution in [1.82, 2.24) is 24.3 Å². The van der Waals surface area contributed by atoms with Crippen molar-refractivity contribution in [1.29, 1.82) is 0 Å². The summed E-state index contributed by atoms with van der Waals surface area (Å²) in [7, 11) is 4.23. The predicted molar refractivity (Wildman–Crippen MR) is 140 cm³/mol. The van der Waals surface area contributed by atoms with Gasteiger partial charge in [0.2, 0.25) is 0 Å². The predicted octanol–water partition coefficient (Wildman–Crippen LogP) is 5.32. The molecule has 0 saturated heterocycles. The Hall–Kier alpha value is -3.77. The van der Waals surface area contributed by atoms with E-state index in [1.807, 2.05) is 24.4 Å². The molecule has 6 heteroatoms. The summed E-state index contributed by atoms with van der Waals surface area (Å²) in [6, 6.07) is 20.7. The van der Waals surface area contributed by atoms with E-state index in [4.69, 9.17) is 15.7 Å². The van der Waals surface area contributed by atoms with Gasteiger partial charge in [0.25, 0.3) is 0 Å². The highest BCUT2D eigenvalue weighted by Crippen LogP contribution is 2.31. The number of aromatic nitrogens is 4. The van der Waals surface area contributed by atoms with Crippen molar-refractivity contribution in [3.05, 3.63) is 78.9 Å². The monoisotopic (exact) mass is 450 g/mol. The molecular weight excluding hydrogens is 420 g/mol. The molecule has 0 aliphatic carbocycles. The summed E-state index contributed by atoms with van der Waals surface area (Å²) >= 11 is 0. The second-order valence-electron chi connectivity index (χ2n) is 9.28. The molecule has 34 heavy (non-hydrogen) atoms. The van der Waals surface area contributed by atoms with Gasteiger partial charge in [-0.15, -0.1) is 0 Å². The number of fused-ring (bicyclic) bond motifs is 2. The van der Waals surface area contributed by atoms with Crippen molar-refractivity contribution < 1.29 is 0 Å². The average molecular weight is 451 g/mol. The van der Waals surface area contributed by atoms with Crippen LogP contribution in [0.5, 0.6) is 0 Å². The van der Waals surface area contributed by atoms with E-state index in [0.717, 1.165) is 64.1 Å². The SMILES string of the molecule is C[C@H](CCc1nc(-c2ccc3ccc(-c4ccccc4)nc3c2)c2c(N)nccn12)CN(C)C. The maximum atomic E-state index is 6.35. The summed E-state index contributed by atoms with van der Waals surface area (Å²) in [6.45, 7) is 3.34. The van der Waals surface area contributed by atoms with Gasteiger partial charge in [-0.3, -0.25) is 4.40 Å². The van der Waals surface area contributed by atoms with E-state index >= 15 is 0 Å². The van der Waals surface area contributed by atoms with Crippen LogP contribution in [0.25, 0.3) is 38.9 Å². The first-order chi connectivity index (χ1) is 16.5. The molecule has 0 bridgehead atoms. The van der Waals surface area contributed by atoms with E-state index < -0.39 is 0 Å². The van der Waals surface area contributed by atoms with Crippen molar-refractivity contribution in [3.63, 3.8) is 0 Å². The lowest BCUT2D eigenvalue weighted by atomic mass is 10.1. The fourth-order valence-electron chi connectivity index (χ4n) is 4.63. The molecule has 5 rings (SSSR count). The highest BCUT2D eigenvalue weighted by atomic mass is 15.1. The quantitative estimate of drug-likeness (QED) is 0.363. The molecule has 0 spiro atoms. The summed E-state index contributed by atoms with van der Waals surface area (Å²) < 4.78 is 2.10. The number of imidazole rings is 1. The number of rotatable bonds is 7. The third-order valence-electron chi connectivity index (χ3n) is 6.23. The van der Waals surface area contributed by atoms with Crippen LogP contribution in [-0.2, 0) is 6.42 Å². The summed E-state index contributed by atoms with van der Waals surface area (Å²) in [5, 5.41) is 1.09. The smallest absolute Gasteiger partial charge is 0.150 e. The number of nitrogens with zero attached hydrogens (tertiary/aromatic N) is 5. The van der Waals surface area contributed by atoms with Crippen LogP contribution < -0.4 is 5.73 Å². The van der Waals surface area contributed by atoms with E-state index in [0.29, 0.717) is 11.7 Å². The Bertz CT molecular complexity index is 1440. The van der Waals surface area contributed by atoms with Crippen molar-refractivity contribution >= 4 is 22.2 Å². The van der Waals surface area contributed by atoms with Gasteiger partial charge in [-0.1, -0.05) is 55.5 Å². The lowest BCUT2D eigenvalue weighted by Gasteiger charge is -2.16. The lowest BCUT2D eigenvalue weighted by Crippen LogP contribution is -2.20. The molecule has 5 aromatic rings. The van der Waals surface area contributed by atoms with Crippen LogP contribution in [0, 0.1) is 5.92 Å². The molecule has 0 fully saturated rings. The highest BCUT2D eigenvalue weighted by molar-refractivity contribution is 5.91. The van der Waals surface area contributed by atoms with E-state index in [1.54, 1.807) is 6.20 Å². The minimum atomic E-state index is 0.490. The van der Waals surface area contributed by atoms with Crippen LogP contribution in [0.3, 0.4) is 0 Å². The van der Waals surface area contributed by atoms with Crippen molar-refractivity contribution in [2.75, 3.05) is 26.4 Å². The normalized spacial score (nSPS) is 12.6. The van der Waals surface area contributed by atoms with Gasteiger partial charge in [0.1, 0.15) is 22.9 Å². The van der Waals surface area contributed by atoms with Crippen LogP contribution in [0.2, 0.25) is 0 Å². The van der Waals surface area contributed by atoms with Gasteiger partial charge in [-0.25, -0.2) is 15.0 Å². The zero-order valence-corrected chi connectivity index (χ0v) is 19.9. The molecule has 3 heterocycles. The van der Waals surface area contributed by atoms with Crippen LogP contribution in [-0.4, -0.2) is 44.9 Å². The molecule has 0 radical (unpaired) electrons. The second-order valence-corrected chi connectivity index (χ2v) is 9.28. The third kappa shape index (κ3) is 4.37. The van der Waals surface area contributed by atoms with Gasteiger partial charge in [-0.2, -0.15) is 0 Å². The molecule has 0 aliphatic heterocycles. The van der Waals surface area contributed by atoms with Crippen LogP contribution in [0.15, 0.2) is 73.1 Å². The Morgan fingerprint density at radius 2 is 1.76 bits per heavy atom. The summed E-state index contributed by atoms with van der Waals surface area (Å²) in [6.07, 6.45) is 5.64. The second kappa shape index (κ2) is 9.23. The van der Waals surface area contributed by atoms with Crippen molar-refractivity contribution in [2.45, 2.75) is 19.8 Å². The fraction of sp³-hybridized carbons (Fsp3) is 0.250. The molecule has 3 aromatic heterocycles. The number of hydrogen-bond acceptors (Lipinski definition) is 5. The maximum Gasteiger partial charge on any atom is 0.150 e. The Kier molecular flexibility index (Phi) is 5.99. The number of aryl methyl sites for hydroxylation is 1. The molecular formula is C28H30N6. The standard InChI is InChI=1S/C28H30N6/c1-19(18-33(2)3)9-14-25-32-26(27-28(29)30-15-16-34(25)27)22-11-10-21-12-13-23(31-24(21)17-22)20-7-5-4-6-8-20/h4-8,10-13,15-17,19H,9,14,18H2,1-3H3,(H2,29,30)/t19-/m1/s1. The molecule has 2 N–H and O–H groups in total. The molecule has 172 valence electrons. The highest BCUT2D eigenvalue weighted by Gasteiger charge is 2.17. The van der Waals surface area contributed by atoms with Gasteiger partial charge < -0.3 is 10.6 Å². The Morgan fingerprint density at radius 1 is 0.971 bits per heavy atom. The van der Waals surface area contributed by atoms with Gasteiger partial charge in [0.15, 0.2) is 0 Å². The van der Waals surface area contributed by atoms with E-state index in [9.17, 15) is 0 Å². The van der Waals surface area contributed by atoms with E-state index in [-0.39, 0.29) is 0 Å². The van der Waals surface area contributed by atoms with Crippen LogP contribution >= 0.6 is 0 Å². The first-order valence-electron chi connectivity index (χ1n) is 11.7. The van der Waals surface area contributed by atoms with E-state index in [1.165, 1.54) is 0 Å². The Labute approximate surface area is 200 Å². The number of hydrogen-bond donors (Lipinski definition) is 1. The minimum Gasteiger partial charge on any atom is -0.382 e. The Morgan fingerprint density at radius 3 is 2.56 bits per heavy atom. The number of benzene rings is 2. The third-order valence-corrected chi connectivity index (χ3v) is 6.23. The van der Waals surface area contributed by atoms with Crippen LogP contribution in [0.4, 0.5) is 5.82 Å². The number of pyridine rings is 1. The van der Waals surface area contributed by atoms with Gasteiger partial charge in [0.05, 0.1) is 11.2 Å². The van der Waals surface area contributed by atoms with Crippen LogP contribution in [0.1, 0.15) is 19.2 Å². The molecule has 0 aliphatic rings. The minimum absolute atomic E-state index is 0.490. The molecule has 6 nitrogen and oxygen atoms in total. The molecule has 1 atom stereocenters. The van der Waals surface area contributed by atoms with E-state index in [2.05, 4.69) is 77.8 Å². The van der Waals surface area contributed by atoms with Crippen molar-refractivity contribution in [2.24, 2.45) is 5.92 Å². The maximum absolute atomic E-state index is 6.35. The van der Waals surface area contributed by atoms with Gasteiger partial charge in [0, 0.05) is 41.9 Å². The number of nitrogen functional groups attached to an aromatic ring is 1. The first kappa shape index (κ1) is 22.0. The Balaban J connectivity index is 1.56. The van der Waals surface area contributed by atoms with Gasteiger partial charge in [-0.05, 0) is 38.6 Å². The lowest BCUT2D eigenvalue weighted by molar-refractivity contribution is 0.327. The number of nitrogens with two attached hydrogens (primary N) is 1. The fourth-order valence-corrected chi connectivity index (χ4v) is 4.63. The molecule has 2 aromatic carbocycles. The first-order valence-corrected chi connectivity index (χ1v) is 11.7. The zero-order chi connectivity index (χ0) is 23.7. The summed E-state index contributed by atoms with van der Waals surface area (Å²) in [4.78, 5) is 16.6. The average Bonchev–Trinajstić information content (AvgIpc) is 3.22. The van der Waals surface area contributed by atoms with Crippen molar-refractivity contribution in [3.8, 4) is 22.5 Å². The zero-order valence-electron chi connectivity index (χ0n) is 19.9. The van der Waals surface area contributed by atoms with Gasteiger partial charge >= 0.3 is 0 Å². The summed E-state index contributed by atoms with van der Waals surface area (Å²) in [5.74, 6) is 2.07. The molecule has 0 unspecified atom stereocenters. The molecule has 0 saturated carbocycles. The summed E-state index contributed by atoms with van der Waals surface area (Å²) in [5.41, 5.74) is 12.0.